The van der Waals surface area contributed by atoms with Crippen molar-refractivity contribution < 1.29 is 13.2 Å². The van der Waals surface area contributed by atoms with Gasteiger partial charge in [0.25, 0.3) is 0 Å². The molecule has 5 heteroatoms. The first kappa shape index (κ1) is 12.7. The Kier molecular flexibility index (Phi) is 4.04. The Hall–Kier alpha value is -1.39. The van der Waals surface area contributed by atoms with E-state index in [1.165, 1.54) is 4.90 Å². The van der Waals surface area contributed by atoms with Gasteiger partial charge in [0.1, 0.15) is 6.54 Å². The lowest BCUT2D eigenvalue weighted by molar-refractivity contribution is -0.119. The minimum absolute atomic E-state index is 0.364. The highest BCUT2D eigenvalue weighted by Crippen LogP contribution is 2.23. The minimum atomic E-state index is -4.19. The molecule has 1 rings (SSSR count). The van der Waals surface area contributed by atoms with Gasteiger partial charge in [-0.1, -0.05) is 13.0 Å². The molecule has 90 valence electrons. The third-order valence-electron chi connectivity index (χ3n) is 2.10. The van der Waals surface area contributed by atoms with E-state index >= 15 is 0 Å². The maximum Gasteiger partial charge on any atom is 0.405 e. The second kappa shape index (κ2) is 5.09. The van der Waals surface area contributed by atoms with Crippen molar-refractivity contribution in [1.29, 1.82) is 0 Å². The van der Waals surface area contributed by atoms with Gasteiger partial charge in [-0.3, -0.25) is 0 Å². The Bertz CT molecular complexity index is 336. The molecule has 0 aliphatic heterocycles. The largest absolute Gasteiger partial charge is 0.405 e. The summed E-state index contributed by atoms with van der Waals surface area (Å²) in [5.74, 6) is 0. The molecule has 0 saturated heterocycles. The first-order chi connectivity index (χ1) is 7.42. The van der Waals surface area contributed by atoms with Crippen LogP contribution in [-0.4, -0.2) is 19.3 Å². The Morgan fingerprint density at radius 1 is 1.31 bits per heavy atom. The van der Waals surface area contributed by atoms with E-state index in [-0.39, 0.29) is 0 Å². The quantitative estimate of drug-likeness (QED) is 0.808. The van der Waals surface area contributed by atoms with Crippen molar-refractivity contribution in [1.82, 2.24) is 0 Å². The number of alkyl halides is 3. The van der Waals surface area contributed by atoms with E-state index in [0.717, 1.165) is 0 Å². The SMILES string of the molecule is CCCN(CC(F)(F)F)c1cccc(N)c1. The van der Waals surface area contributed by atoms with Crippen LogP contribution >= 0.6 is 0 Å². The molecule has 2 N–H and O–H groups in total. The van der Waals surface area contributed by atoms with Crippen LogP contribution in [0.2, 0.25) is 0 Å². The Morgan fingerprint density at radius 2 is 2.00 bits per heavy atom. The molecule has 0 heterocycles. The Balaban J connectivity index is 2.85. The minimum Gasteiger partial charge on any atom is -0.399 e. The van der Waals surface area contributed by atoms with Crippen molar-refractivity contribution >= 4 is 11.4 Å². The summed E-state index contributed by atoms with van der Waals surface area (Å²) < 4.78 is 37.0. The molecule has 0 aliphatic carbocycles. The zero-order chi connectivity index (χ0) is 12.2. The molecule has 0 amide bonds. The molecule has 0 aliphatic rings. The fraction of sp³-hybridized carbons (Fsp3) is 0.455. The van der Waals surface area contributed by atoms with Gasteiger partial charge in [-0.2, -0.15) is 13.2 Å². The summed E-state index contributed by atoms with van der Waals surface area (Å²) in [5.41, 5.74) is 6.53. The number of hydrogen-bond donors (Lipinski definition) is 1. The molecular formula is C11H15F3N2. The fourth-order valence-electron chi connectivity index (χ4n) is 1.51. The molecule has 0 unspecified atom stereocenters. The summed E-state index contributed by atoms with van der Waals surface area (Å²) in [6, 6.07) is 6.50. The first-order valence-corrected chi connectivity index (χ1v) is 5.09. The van der Waals surface area contributed by atoms with Crippen molar-refractivity contribution in [2.75, 3.05) is 23.7 Å². The van der Waals surface area contributed by atoms with Crippen LogP contribution < -0.4 is 10.6 Å². The van der Waals surface area contributed by atoms with Gasteiger partial charge in [0, 0.05) is 17.9 Å². The van der Waals surface area contributed by atoms with E-state index in [1.54, 1.807) is 24.3 Å². The maximum absolute atomic E-state index is 12.3. The monoisotopic (exact) mass is 232 g/mol. The third-order valence-corrected chi connectivity index (χ3v) is 2.10. The summed E-state index contributed by atoms with van der Waals surface area (Å²) in [6.45, 7) is 1.27. The third kappa shape index (κ3) is 4.00. The second-order valence-corrected chi connectivity index (χ2v) is 3.63. The molecule has 0 fully saturated rings. The van der Waals surface area contributed by atoms with Crippen molar-refractivity contribution in [3.63, 3.8) is 0 Å². The van der Waals surface area contributed by atoms with Gasteiger partial charge in [0.2, 0.25) is 0 Å². The second-order valence-electron chi connectivity index (χ2n) is 3.63. The van der Waals surface area contributed by atoms with Gasteiger partial charge < -0.3 is 10.6 Å². The summed E-state index contributed by atoms with van der Waals surface area (Å²) in [5, 5.41) is 0. The topological polar surface area (TPSA) is 29.3 Å². The van der Waals surface area contributed by atoms with E-state index in [0.29, 0.717) is 24.3 Å². The highest BCUT2D eigenvalue weighted by molar-refractivity contribution is 5.55. The van der Waals surface area contributed by atoms with E-state index < -0.39 is 12.7 Å². The van der Waals surface area contributed by atoms with Gasteiger partial charge >= 0.3 is 6.18 Å². The Morgan fingerprint density at radius 3 is 2.50 bits per heavy atom. The van der Waals surface area contributed by atoms with E-state index in [2.05, 4.69) is 0 Å². The normalized spacial score (nSPS) is 11.5. The van der Waals surface area contributed by atoms with Gasteiger partial charge in [-0.05, 0) is 24.6 Å². The molecule has 1 aromatic rings. The van der Waals surface area contributed by atoms with E-state index in [1.807, 2.05) is 6.92 Å². The molecule has 0 saturated carbocycles. The number of nitrogens with zero attached hydrogens (tertiary/aromatic N) is 1. The molecule has 16 heavy (non-hydrogen) atoms. The smallest absolute Gasteiger partial charge is 0.399 e. The summed E-state index contributed by atoms with van der Waals surface area (Å²) in [6.07, 6.45) is -3.54. The lowest BCUT2D eigenvalue weighted by atomic mass is 10.2. The zero-order valence-corrected chi connectivity index (χ0v) is 9.09. The van der Waals surface area contributed by atoms with Crippen LogP contribution in [0.4, 0.5) is 24.5 Å². The van der Waals surface area contributed by atoms with Crippen LogP contribution in [0.5, 0.6) is 0 Å². The molecule has 0 aromatic heterocycles. The van der Waals surface area contributed by atoms with Crippen molar-refractivity contribution in [2.24, 2.45) is 0 Å². The van der Waals surface area contributed by atoms with Crippen LogP contribution in [0.1, 0.15) is 13.3 Å². The number of nitrogen functional groups attached to an aromatic ring is 1. The van der Waals surface area contributed by atoms with Gasteiger partial charge in [0.05, 0.1) is 0 Å². The van der Waals surface area contributed by atoms with Crippen LogP contribution in [0.3, 0.4) is 0 Å². The number of hydrogen-bond acceptors (Lipinski definition) is 2. The highest BCUT2D eigenvalue weighted by Gasteiger charge is 2.30. The van der Waals surface area contributed by atoms with Crippen molar-refractivity contribution in [2.45, 2.75) is 19.5 Å². The van der Waals surface area contributed by atoms with E-state index in [4.69, 9.17) is 5.73 Å². The molecule has 0 bridgehead atoms. The predicted octanol–water partition coefficient (Wildman–Crippen LogP) is 3.05. The zero-order valence-electron chi connectivity index (χ0n) is 9.09. The standard InChI is InChI=1S/C11H15F3N2/c1-2-6-16(8-11(12,13)14)10-5-3-4-9(15)7-10/h3-5,7H,2,6,8,15H2,1H3. The number of benzene rings is 1. The number of anilines is 2. The van der Waals surface area contributed by atoms with Crippen molar-refractivity contribution in [3.05, 3.63) is 24.3 Å². The summed E-state index contributed by atoms with van der Waals surface area (Å²) in [7, 11) is 0. The van der Waals surface area contributed by atoms with Crippen LogP contribution in [0.25, 0.3) is 0 Å². The average molecular weight is 232 g/mol. The summed E-state index contributed by atoms with van der Waals surface area (Å²) in [4.78, 5) is 1.29. The number of nitrogens with two attached hydrogens (primary N) is 1. The number of halogens is 3. The highest BCUT2D eigenvalue weighted by atomic mass is 19.4. The lowest BCUT2D eigenvalue weighted by Crippen LogP contribution is -2.34. The van der Waals surface area contributed by atoms with Crippen molar-refractivity contribution in [3.8, 4) is 0 Å². The molecule has 0 spiro atoms. The van der Waals surface area contributed by atoms with Crippen LogP contribution in [-0.2, 0) is 0 Å². The van der Waals surface area contributed by atoms with Crippen LogP contribution in [0, 0.1) is 0 Å². The maximum atomic E-state index is 12.3. The molecular weight excluding hydrogens is 217 g/mol. The van der Waals surface area contributed by atoms with Gasteiger partial charge in [0.15, 0.2) is 0 Å². The van der Waals surface area contributed by atoms with E-state index in [9.17, 15) is 13.2 Å². The molecule has 2 nitrogen and oxygen atoms in total. The van der Waals surface area contributed by atoms with Crippen LogP contribution in [0.15, 0.2) is 24.3 Å². The number of rotatable bonds is 4. The fourth-order valence-corrected chi connectivity index (χ4v) is 1.51. The molecule has 0 atom stereocenters. The van der Waals surface area contributed by atoms with Gasteiger partial charge in [-0.15, -0.1) is 0 Å². The Labute approximate surface area is 92.9 Å². The molecule has 1 aromatic carbocycles. The average Bonchev–Trinajstić information content (AvgIpc) is 2.15. The first-order valence-electron chi connectivity index (χ1n) is 5.09. The predicted molar refractivity (Wildman–Crippen MR) is 59.4 cm³/mol. The molecule has 0 radical (unpaired) electrons. The summed E-state index contributed by atoms with van der Waals surface area (Å²) >= 11 is 0. The van der Waals surface area contributed by atoms with Gasteiger partial charge in [-0.25, -0.2) is 0 Å². The lowest BCUT2D eigenvalue weighted by Gasteiger charge is -2.25.